The average molecular weight is 341 g/mol. The Kier molecular flexibility index (Phi) is 4.40. The van der Waals surface area contributed by atoms with E-state index in [0.29, 0.717) is 28.7 Å². The number of rotatable bonds is 4. The van der Waals surface area contributed by atoms with E-state index in [1.54, 1.807) is 6.92 Å². The number of benzene rings is 2. The minimum Gasteiger partial charge on any atom is -0.493 e. The molecule has 124 valence electrons. The Morgan fingerprint density at radius 2 is 2.04 bits per heavy atom. The topological polar surface area (TPSA) is 76.4 Å². The molecule has 6 heteroatoms. The summed E-state index contributed by atoms with van der Waals surface area (Å²) in [5.74, 6) is 0.223. The molecule has 1 aliphatic rings. The number of nitrogens with one attached hydrogen (secondary N) is 2. The van der Waals surface area contributed by atoms with Crippen LogP contribution in [-0.4, -0.2) is 17.6 Å². The number of primary amides is 1. The van der Waals surface area contributed by atoms with Crippen LogP contribution in [0.15, 0.2) is 47.7 Å². The van der Waals surface area contributed by atoms with Crippen molar-refractivity contribution in [2.75, 3.05) is 6.61 Å². The van der Waals surface area contributed by atoms with E-state index in [4.69, 9.17) is 22.7 Å². The number of carbonyl (C=O) groups is 1. The number of fused-ring (bicyclic) bond motifs is 1. The van der Waals surface area contributed by atoms with Crippen LogP contribution >= 0.6 is 12.2 Å². The molecule has 2 aromatic rings. The lowest BCUT2D eigenvalue weighted by molar-refractivity contribution is -0.115. The van der Waals surface area contributed by atoms with Crippen molar-refractivity contribution in [2.45, 2.75) is 19.9 Å². The number of hydrogen-bond acceptors (Lipinski definition) is 3. The predicted octanol–water partition coefficient (Wildman–Crippen LogP) is 2.52. The molecule has 1 unspecified atom stereocenters. The summed E-state index contributed by atoms with van der Waals surface area (Å²) in [6.07, 6.45) is 0. The lowest BCUT2D eigenvalue weighted by Gasteiger charge is -2.31. The molecule has 0 bridgehead atoms. The second kappa shape index (κ2) is 6.49. The Labute approximate surface area is 145 Å². The SMILES string of the molecule is CCOc1ccc2ccccc2c1C1NC(=S)NC(C)=C1C(N)=O. The highest BCUT2D eigenvalue weighted by Gasteiger charge is 2.31. The first-order valence-corrected chi connectivity index (χ1v) is 8.16. The van der Waals surface area contributed by atoms with Gasteiger partial charge < -0.3 is 21.1 Å². The number of ether oxygens (including phenoxy) is 1. The van der Waals surface area contributed by atoms with Gasteiger partial charge in [0.15, 0.2) is 5.11 Å². The molecule has 3 rings (SSSR count). The average Bonchev–Trinajstić information content (AvgIpc) is 2.53. The third-order valence-electron chi connectivity index (χ3n) is 4.05. The maximum atomic E-state index is 12.1. The van der Waals surface area contributed by atoms with Gasteiger partial charge in [-0.05, 0) is 42.9 Å². The van der Waals surface area contributed by atoms with Crippen LogP contribution in [0.5, 0.6) is 5.75 Å². The molecule has 0 radical (unpaired) electrons. The number of nitrogens with two attached hydrogens (primary N) is 1. The molecule has 2 aromatic carbocycles. The van der Waals surface area contributed by atoms with Gasteiger partial charge in [0, 0.05) is 11.3 Å². The van der Waals surface area contributed by atoms with Crippen molar-refractivity contribution in [3.8, 4) is 5.75 Å². The first kappa shape index (κ1) is 16.3. The molecule has 0 saturated carbocycles. The number of amides is 1. The van der Waals surface area contributed by atoms with E-state index < -0.39 is 11.9 Å². The number of allylic oxidation sites excluding steroid dienone is 1. The minimum atomic E-state index is -0.490. The highest BCUT2D eigenvalue weighted by Crippen LogP contribution is 2.38. The molecule has 0 spiro atoms. The molecule has 1 amide bonds. The van der Waals surface area contributed by atoms with Gasteiger partial charge in [-0.1, -0.05) is 30.3 Å². The molecular weight excluding hydrogens is 322 g/mol. The lowest BCUT2D eigenvalue weighted by Crippen LogP contribution is -2.46. The van der Waals surface area contributed by atoms with E-state index in [2.05, 4.69) is 10.6 Å². The second-order valence-electron chi connectivity index (χ2n) is 5.57. The summed E-state index contributed by atoms with van der Waals surface area (Å²) in [7, 11) is 0. The molecule has 0 saturated heterocycles. The molecule has 5 nitrogen and oxygen atoms in total. The van der Waals surface area contributed by atoms with E-state index in [9.17, 15) is 4.79 Å². The summed E-state index contributed by atoms with van der Waals surface area (Å²) in [4.78, 5) is 12.1. The Balaban J connectivity index is 2.30. The van der Waals surface area contributed by atoms with E-state index >= 15 is 0 Å². The van der Waals surface area contributed by atoms with Crippen LogP contribution in [0.1, 0.15) is 25.5 Å². The number of hydrogen-bond donors (Lipinski definition) is 3. The zero-order valence-electron chi connectivity index (χ0n) is 13.6. The van der Waals surface area contributed by atoms with Crippen LogP contribution in [0.25, 0.3) is 10.8 Å². The van der Waals surface area contributed by atoms with Crippen LogP contribution in [0.2, 0.25) is 0 Å². The van der Waals surface area contributed by atoms with Crippen molar-refractivity contribution in [3.63, 3.8) is 0 Å². The van der Waals surface area contributed by atoms with Gasteiger partial charge in [0.2, 0.25) is 5.91 Å². The van der Waals surface area contributed by atoms with Crippen molar-refractivity contribution in [1.29, 1.82) is 0 Å². The smallest absolute Gasteiger partial charge is 0.248 e. The molecule has 0 aliphatic carbocycles. The summed E-state index contributed by atoms with van der Waals surface area (Å²) in [5, 5.41) is 8.65. The van der Waals surface area contributed by atoms with Crippen molar-refractivity contribution >= 4 is 34.0 Å². The summed E-state index contributed by atoms with van der Waals surface area (Å²) in [5.41, 5.74) is 7.62. The van der Waals surface area contributed by atoms with Crippen molar-refractivity contribution < 1.29 is 9.53 Å². The van der Waals surface area contributed by atoms with E-state index in [-0.39, 0.29) is 0 Å². The first-order chi connectivity index (χ1) is 11.5. The standard InChI is InChI=1S/C18H19N3O2S/c1-3-23-13-9-8-11-6-4-5-7-12(11)15(13)16-14(17(19)22)10(2)20-18(24)21-16/h4-9,16H,3H2,1-2H3,(H2,19,22)(H2,20,21,24). The van der Waals surface area contributed by atoms with Gasteiger partial charge in [-0.25, -0.2) is 0 Å². The Bertz CT molecular complexity index is 860. The molecule has 1 atom stereocenters. The molecule has 24 heavy (non-hydrogen) atoms. The highest BCUT2D eigenvalue weighted by molar-refractivity contribution is 7.80. The fourth-order valence-corrected chi connectivity index (χ4v) is 3.36. The third kappa shape index (κ3) is 2.80. The monoisotopic (exact) mass is 341 g/mol. The van der Waals surface area contributed by atoms with Gasteiger partial charge in [-0.15, -0.1) is 0 Å². The zero-order chi connectivity index (χ0) is 17.3. The quantitative estimate of drug-likeness (QED) is 0.745. The molecule has 4 N–H and O–H groups in total. The van der Waals surface area contributed by atoms with Crippen molar-refractivity contribution in [1.82, 2.24) is 10.6 Å². The Morgan fingerprint density at radius 1 is 1.29 bits per heavy atom. The predicted molar refractivity (Wildman–Crippen MR) is 98.6 cm³/mol. The Morgan fingerprint density at radius 3 is 2.75 bits per heavy atom. The van der Waals surface area contributed by atoms with Crippen molar-refractivity contribution in [2.24, 2.45) is 5.73 Å². The fraction of sp³-hybridized carbons (Fsp3) is 0.222. The van der Waals surface area contributed by atoms with Gasteiger partial charge in [0.25, 0.3) is 0 Å². The summed E-state index contributed by atoms with van der Waals surface area (Å²) >= 11 is 5.28. The molecule has 0 fully saturated rings. The van der Waals surface area contributed by atoms with E-state index in [1.807, 2.05) is 43.3 Å². The maximum absolute atomic E-state index is 12.1. The van der Waals surface area contributed by atoms with Gasteiger partial charge >= 0.3 is 0 Å². The molecule has 1 heterocycles. The van der Waals surface area contributed by atoms with Gasteiger partial charge in [-0.2, -0.15) is 0 Å². The molecule has 1 aliphatic heterocycles. The Hall–Kier alpha value is -2.60. The third-order valence-corrected chi connectivity index (χ3v) is 4.27. The zero-order valence-corrected chi connectivity index (χ0v) is 14.4. The van der Waals surface area contributed by atoms with Crippen LogP contribution in [0.4, 0.5) is 0 Å². The van der Waals surface area contributed by atoms with Gasteiger partial charge in [0.1, 0.15) is 5.75 Å². The fourth-order valence-electron chi connectivity index (χ4n) is 3.09. The summed E-state index contributed by atoms with van der Waals surface area (Å²) in [6, 6.07) is 11.4. The van der Waals surface area contributed by atoms with Crippen LogP contribution in [-0.2, 0) is 4.79 Å². The van der Waals surface area contributed by atoms with E-state index in [0.717, 1.165) is 16.3 Å². The lowest BCUT2D eigenvalue weighted by atomic mass is 9.90. The summed E-state index contributed by atoms with van der Waals surface area (Å²) < 4.78 is 5.82. The highest BCUT2D eigenvalue weighted by atomic mass is 32.1. The van der Waals surface area contributed by atoms with Crippen LogP contribution in [0, 0.1) is 0 Å². The van der Waals surface area contributed by atoms with Crippen LogP contribution in [0.3, 0.4) is 0 Å². The van der Waals surface area contributed by atoms with Gasteiger partial charge in [0.05, 0.1) is 18.2 Å². The second-order valence-corrected chi connectivity index (χ2v) is 5.97. The minimum absolute atomic E-state index is 0.455. The summed E-state index contributed by atoms with van der Waals surface area (Å²) in [6.45, 7) is 4.25. The largest absolute Gasteiger partial charge is 0.493 e. The number of carbonyl (C=O) groups excluding carboxylic acids is 1. The van der Waals surface area contributed by atoms with Crippen LogP contribution < -0.4 is 21.1 Å². The first-order valence-electron chi connectivity index (χ1n) is 7.75. The molecular formula is C18H19N3O2S. The van der Waals surface area contributed by atoms with Crippen molar-refractivity contribution in [3.05, 3.63) is 53.2 Å². The number of thiocarbonyl (C=S) groups is 1. The van der Waals surface area contributed by atoms with E-state index in [1.165, 1.54) is 0 Å². The molecule has 0 aromatic heterocycles. The normalized spacial score (nSPS) is 17.4. The maximum Gasteiger partial charge on any atom is 0.248 e. The van der Waals surface area contributed by atoms with Gasteiger partial charge in [-0.3, -0.25) is 4.79 Å².